The van der Waals surface area contributed by atoms with Crippen LogP contribution in [0.1, 0.15) is 10.6 Å². The average Bonchev–Trinajstić information content (AvgIpc) is 2.49. The zero-order valence-electron chi connectivity index (χ0n) is 6.31. The third-order valence-corrected chi connectivity index (χ3v) is 2.12. The van der Waals surface area contributed by atoms with Gasteiger partial charge in [-0.1, -0.05) is 0 Å². The van der Waals surface area contributed by atoms with Crippen molar-refractivity contribution in [3.05, 3.63) is 28.6 Å². The standard InChI is InChI=1S/C7H4BrN3O2/c8-4-2-1-3-11-6(4)9-5(10-11)7(12)13/h1-3H,(H,12,13). The highest BCUT2D eigenvalue weighted by molar-refractivity contribution is 9.10. The normalized spacial score (nSPS) is 10.5. The maximum absolute atomic E-state index is 10.5. The van der Waals surface area contributed by atoms with E-state index < -0.39 is 5.97 Å². The SMILES string of the molecule is O=C(O)c1nc2c(Br)cccn2n1. The molecule has 0 spiro atoms. The van der Waals surface area contributed by atoms with E-state index in [-0.39, 0.29) is 5.82 Å². The molecule has 13 heavy (non-hydrogen) atoms. The molecule has 0 radical (unpaired) electrons. The molecule has 2 heterocycles. The van der Waals surface area contributed by atoms with Crippen LogP contribution >= 0.6 is 15.9 Å². The van der Waals surface area contributed by atoms with Gasteiger partial charge in [-0.3, -0.25) is 0 Å². The topological polar surface area (TPSA) is 67.5 Å². The molecule has 0 atom stereocenters. The van der Waals surface area contributed by atoms with E-state index >= 15 is 0 Å². The second-order valence-electron chi connectivity index (χ2n) is 2.36. The van der Waals surface area contributed by atoms with Gasteiger partial charge in [0.15, 0.2) is 5.65 Å². The van der Waals surface area contributed by atoms with Crippen LogP contribution in [0.3, 0.4) is 0 Å². The van der Waals surface area contributed by atoms with Crippen LogP contribution in [0.15, 0.2) is 22.8 Å². The van der Waals surface area contributed by atoms with Gasteiger partial charge in [0.1, 0.15) is 0 Å². The van der Waals surface area contributed by atoms with Crippen LogP contribution in [0.2, 0.25) is 0 Å². The smallest absolute Gasteiger partial charge is 0.375 e. The van der Waals surface area contributed by atoms with Crippen LogP contribution in [0.4, 0.5) is 0 Å². The molecule has 0 aliphatic heterocycles. The van der Waals surface area contributed by atoms with E-state index in [0.717, 1.165) is 4.47 Å². The zero-order chi connectivity index (χ0) is 9.42. The number of pyridine rings is 1. The third-order valence-electron chi connectivity index (χ3n) is 1.51. The number of aromatic carboxylic acids is 1. The molecule has 0 unspecified atom stereocenters. The molecule has 0 saturated carbocycles. The van der Waals surface area contributed by atoms with Gasteiger partial charge in [0.2, 0.25) is 0 Å². The number of halogens is 1. The van der Waals surface area contributed by atoms with E-state index in [9.17, 15) is 4.79 Å². The number of fused-ring (bicyclic) bond motifs is 1. The second-order valence-corrected chi connectivity index (χ2v) is 3.22. The summed E-state index contributed by atoms with van der Waals surface area (Å²) in [7, 11) is 0. The molecule has 0 saturated heterocycles. The van der Waals surface area contributed by atoms with Crippen molar-refractivity contribution in [2.24, 2.45) is 0 Å². The number of hydrogen-bond acceptors (Lipinski definition) is 3. The largest absolute Gasteiger partial charge is 0.475 e. The number of carboxylic acid groups (broad SMARTS) is 1. The minimum absolute atomic E-state index is 0.202. The van der Waals surface area contributed by atoms with Crippen molar-refractivity contribution in [3.8, 4) is 0 Å². The van der Waals surface area contributed by atoms with Crippen molar-refractivity contribution in [3.63, 3.8) is 0 Å². The Morgan fingerprint density at radius 2 is 2.38 bits per heavy atom. The van der Waals surface area contributed by atoms with Gasteiger partial charge in [-0.25, -0.2) is 9.31 Å². The van der Waals surface area contributed by atoms with Crippen molar-refractivity contribution in [2.75, 3.05) is 0 Å². The highest BCUT2D eigenvalue weighted by Crippen LogP contribution is 2.14. The van der Waals surface area contributed by atoms with Crippen LogP contribution in [-0.2, 0) is 0 Å². The Labute approximate surface area is 81.1 Å². The summed E-state index contributed by atoms with van der Waals surface area (Å²) in [6.45, 7) is 0. The molecule has 5 nitrogen and oxygen atoms in total. The van der Waals surface area contributed by atoms with Crippen LogP contribution in [0.25, 0.3) is 5.65 Å². The lowest BCUT2D eigenvalue weighted by Gasteiger charge is -1.90. The summed E-state index contributed by atoms with van der Waals surface area (Å²) in [6.07, 6.45) is 1.64. The second kappa shape index (κ2) is 2.81. The minimum atomic E-state index is -1.13. The van der Waals surface area contributed by atoms with Crippen molar-refractivity contribution in [1.29, 1.82) is 0 Å². The van der Waals surface area contributed by atoms with Gasteiger partial charge in [-0.2, -0.15) is 4.98 Å². The van der Waals surface area contributed by atoms with Crippen LogP contribution in [0.5, 0.6) is 0 Å². The van der Waals surface area contributed by atoms with Crippen molar-refractivity contribution in [1.82, 2.24) is 14.6 Å². The predicted molar refractivity (Wildman–Crippen MR) is 47.6 cm³/mol. The van der Waals surface area contributed by atoms with E-state index in [1.54, 1.807) is 18.3 Å². The Balaban J connectivity index is 2.75. The first-order valence-corrected chi connectivity index (χ1v) is 4.22. The number of hydrogen-bond donors (Lipinski definition) is 1. The lowest BCUT2D eigenvalue weighted by Crippen LogP contribution is -1.98. The van der Waals surface area contributed by atoms with Crippen molar-refractivity contribution < 1.29 is 9.90 Å². The molecule has 0 bridgehead atoms. The van der Waals surface area contributed by atoms with Gasteiger partial charge < -0.3 is 5.11 Å². The number of aromatic nitrogens is 3. The molecule has 66 valence electrons. The summed E-state index contributed by atoms with van der Waals surface area (Å²) in [5.41, 5.74) is 0.500. The number of carbonyl (C=O) groups is 1. The Morgan fingerprint density at radius 3 is 3.00 bits per heavy atom. The summed E-state index contributed by atoms with van der Waals surface area (Å²) >= 11 is 3.24. The van der Waals surface area contributed by atoms with Gasteiger partial charge in [-0.05, 0) is 28.1 Å². The summed E-state index contributed by atoms with van der Waals surface area (Å²) in [5, 5.41) is 12.4. The van der Waals surface area contributed by atoms with Gasteiger partial charge in [0, 0.05) is 6.20 Å². The van der Waals surface area contributed by atoms with Crippen LogP contribution in [-0.4, -0.2) is 25.7 Å². The van der Waals surface area contributed by atoms with E-state index in [0.29, 0.717) is 5.65 Å². The van der Waals surface area contributed by atoms with Gasteiger partial charge >= 0.3 is 5.97 Å². The molecule has 1 N–H and O–H groups in total. The van der Waals surface area contributed by atoms with E-state index in [2.05, 4.69) is 26.0 Å². The van der Waals surface area contributed by atoms with E-state index in [1.807, 2.05) is 0 Å². The van der Waals surface area contributed by atoms with Gasteiger partial charge in [0.05, 0.1) is 4.47 Å². The molecular weight excluding hydrogens is 238 g/mol. The molecule has 6 heteroatoms. The highest BCUT2D eigenvalue weighted by atomic mass is 79.9. The lowest BCUT2D eigenvalue weighted by molar-refractivity contribution is 0.0684. The molecule has 0 amide bonds. The first-order valence-electron chi connectivity index (χ1n) is 3.42. The number of nitrogens with zero attached hydrogens (tertiary/aromatic N) is 3. The molecular formula is C7H4BrN3O2. The molecule has 2 aromatic heterocycles. The van der Waals surface area contributed by atoms with Gasteiger partial charge in [-0.15, -0.1) is 5.10 Å². The lowest BCUT2D eigenvalue weighted by atomic mass is 10.5. The fraction of sp³-hybridized carbons (Fsp3) is 0. The quantitative estimate of drug-likeness (QED) is 0.815. The predicted octanol–water partition coefficient (Wildman–Crippen LogP) is 1.19. The summed E-state index contributed by atoms with van der Waals surface area (Å²) < 4.78 is 2.13. The summed E-state index contributed by atoms with van der Waals surface area (Å²) in [6, 6.07) is 3.52. The maximum Gasteiger partial charge on any atom is 0.375 e. The Hall–Kier alpha value is -1.43. The molecule has 0 aliphatic carbocycles. The third kappa shape index (κ3) is 1.29. The van der Waals surface area contributed by atoms with E-state index in [4.69, 9.17) is 5.11 Å². The fourth-order valence-corrected chi connectivity index (χ4v) is 1.39. The Kier molecular flexibility index (Phi) is 1.77. The Bertz CT molecular complexity index is 480. The molecule has 2 rings (SSSR count). The van der Waals surface area contributed by atoms with Crippen LogP contribution in [0, 0.1) is 0 Å². The van der Waals surface area contributed by atoms with Crippen molar-refractivity contribution in [2.45, 2.75) is 0 Å². The van der Waals surface area contributed by atoms with Crippen LogP contribution < -0.4 is 0 Å². The van der Waals surface area contributed by atoms with Crippen molar-refractivity contribution >= 4 is 27.5 Å². The molecule has 0 fully saturated rings. The number of carboxylic acids is 1. The maximum atomic E-state index is 10.5. The fourth-order valence-electron chi connectivity index (χ4n) is 0.964. The van der Waals surface area contributed by atoms with Gasteiger partial charge in [0.25, 0.3) is 5.82 Å². The number of rotatable bonds is 1. The van der Waals surface area contributed by atoms with E-state index in [1.165, 1.54) is 4.52 Å². The Morgan fingerprint density at radius 1 is 1.62 bits per heavy atom. The molecule has 0 aliphatic rings. The summed E-state index contributed by atoms with van der Waals surface area (Å²) in [5.74, 6) is -1.33. The first-order chi connectivity index (χ1) is 6.18. The highest BCUT2D eigenvalue weighted by Gasteiger charge is 2.11. The zero-order valence-corrected chi connectivity index (χ0v) is 7.89. The summed E-state index contributed by atoms with van der Waals surface area (Å²) in [4.78, 5) is 14.3. The average molecular weight is 242 g/mol. The first kappa shape index (κ1) is 8.18. The minimum Gasteiger partial charge on any atom is -0.475 e. The molecule has 2 aromatic rings. The molecule has 0 aromatic carbocycles. The monoisotopic (exact) mass is 241 g/mol.